The van der Waals surface area contributed by atoms with Crippen molar-refractivity contribution in [2.45, 2.75) is 44.4 Å². The largest absolute Gasteiger partial charge is 0.569 e. The molecule has 0 saturated heterocycles. The monoisotopic (exact) mass is 1320 g/mol. The summed E-state index contributed by atoms with van der Waals surface area (Å²) in [5, 5.41) is 19.5. The quantitative estimate of drug-likeness (QED) is 0.161. The van der Waals surface area contributed by atoms with Crippen LogP contribution in [-0.4, -0.2) is 12.7 Å². The van der Waals surface area contributed by atoms with Gasteiger partial charge in [0.05, 0.1) is 0 Å². The number of hydrogen-bond acceptors (Lipinski definition) is 2. The van der Waals surface area contributed by atoms with E-state index in [4.69, 9.17) is 9.68 Å². The van der Waals surface area contributed by atoms with Crippen molar-refractivity contribution in [2.24, 2.45) is 5.92 Å². The van der Waals surface area contributed by atoms with Gasteiger partial charge in [-0.2, -0.15) is 0 Å². The normalized spacial score (nSPS) is 15.4. The Balaban J connectivity index is 0.000000116. The van der Waals surface area contributed by atoms with Crippen molar-refractivity contribution in [2.75, 3.05) is 0 Å². The molecule has 2 atom stereocenters. The Labute approximate surface area is 582 Å². The van der Waals surface area contributed by atoms with Gasteiger partial charge in [0, 0.05) is 15.8 Å². The van der Waals surface area contributed by atoms with Crippen LogP contribution >= 0.6 is 15.9 Å². The second kappa shape index (κ2) is 23.5. The summed E-state index contributed by atoms with van der Waals surface area (Å²) in [6.07, 6.45) is 7.39. The number of rotatable bonds is 7. The highest BCUT2D eigenvalue weighted by Crippen LogP contribution is 2.57. The maximum atomic E-state index is 8.96. The first-order valence-corrected chi connectivity index (χ1v) is 34.9. The van der Waals surface area contributed by atoms with Crippen LogP contribution in [0.5, 0.6) is 5.75 Å². The molecule has 20 rings (SSSR count). The van der Waals surface area contributed by atoms with E-state index >= 15 is 0 Å². The van der Waals surface area contributed by atoms with Crippen LogP contribution in [0.25, 0.3) is 149 Å². The van der Waals surface area contributed by atoms with Crippen molar-refractivity contribution in [3.05, 3.63) is 348 Å². The molecule has 0 amide bonds. The lowest BCUT2D eigenvalue weighted by atomic mass is 9.72. The summed E-state index contributed by atoms with van der Waals surface area (Å²) >= 11 is 3.59. The molecule has 5 aliphatic carbocycles. The molecule has 1 radical (unpaired) electrons. The third kappa shape index (κ3) is 9.79. The number of allylic oxidation sites excluding steroid dienone is 4. The van der Waals surface area contributed by atoms with Gasteiger partial charge in [0.15, 0.2) is 0 Å². The third-order valence-electron chi connectivity index (χ3n) is 21.9. The molecule has 0 spiro atoms. The third-order valence-corrected chi connectivity index (χ3v) is 22.4. The van der Waals surface area contributed by atoms with Gasteiger partial charge in [-0.1, -0.05) is 311 Å². The molecule has 2 nitrogen and oxygen atoms in total. The van der Waals surface area contributed by atoms with Gasteiger partial charge in [-0.25, -0.2) is 0 Å². The van der Waals surface area contributed by atoms with Crippen molar-refractivity contribution in [1.29, 1.82) is 0 Å². The fourth-order valence-electron chi connectivity index (χ4n) is 17.0. The summed E-state index contributed by atoms with van der Waals surface area (Å²) in [5.74, 6) is 1.45. The molecular formula is C94H67BBrO2. The summed E-state index contributed by atoms with van der Waals surface area (Å²) in [6.45, 7) is 9.37. The zero-order valence-corrected chi connectivity index (χ0v) is 56.6. The van der Waals surface area contributed by atoms with Gasteiger partial charge in [0.2, 0.25) is 0 Å². The van der Waals surface area contributed by atoms with Gasteiger partial charge in [-0.15, -0.1) is 0 Å². The minimum Gasteiger partial charge on any atom is -0.537 e. The molecule has 98 heavy (non-hydrogen) atoms. The summed E-state index contributed by atoms with van der Waals surface area (Å²) in [7, 11) is 0.731. The van der Waals surface area contributed by atoms with Crippen LogP contribution in [0.1, 0.15) is 61.4 Å². The van der Waals surface area contributed by atoms with E-state index in [0.717, 1.165) is 12.2 Å². The minimum absolute atomic E-state index is 0.0210. The Kier molecular flexibility index (Phi) is 14.3. The van der Waals surface area contributed by atoms with Gasteiger partial charge >= 0.3 is 7.69 Å². The minimum atomic E-state index is -0.133. The summed E-state index contributed by atoms with van der Waals surface area (Å²) < 4.78 is 6.30. The van der Waals surface area contributed by atoms with Gasteiger partial charge in [0.25, 0.3) is 0 Å². The van der Waals surface area contributed by atoms with Crippen LogP contribution in [0.15, 0.2) is 320 Å². The van der Waals surface area contributed by atoms with Crippen molar-refractivity contribution in [3.63, 3.8) is 0 Å². The highest BCUT2D eigenvalue weighted by molar-refractivity contribution is 9.10. The topological polar surface area (TPSA) is 29.5 Å². The second-order valence-electron chi connectivity index (χ2n) is 28.0. The Hall–Kier alpha value is -10.9. The maximum Gasteiger partial charge on any atom is 0.569 e. The van der Waals surface area contributed by atoms with Crippen LogP contribution < -0.4 is 4.65 Å². The lowest BCUT2D eigenvalue weighted by Crippen LogP contribution is -2.25. The molecule has 5 aliphatic rings. The zero-order chi connectivity index (χ0) is 66.0. The Bertz CT molecular complexity index is 5830. The first-order chi connectivity index (χ1) is 47.9. The van der Waals surface area contributed by atoms with Crippen molar-refractivity contribution in [3.8, 4) is 106 Å². The average molecular weight is 1320 g/mol. The summed E-state index contributed by atoms with van der Waals surface area (Å²) in [5.41, 5.74) is 31.4. The number of halogens is 1. The van der Waals surface area contributed by atoms with Gasteiger partial charge < -0.3 is 9.68 Å². The predicted octanol–water partition coefficient (Wildman–Crippen LogP) is 25.3. The average Bonchev–Trinajstić information content (AvgIpc) is 1.59. The van der Waals surface area contributed by atoms with E-state index in [-0.39, 0.29) is 10.8 Å². The van der Waals surface area contributed by atoms with E-state index in [9.17, 15) is 0 Å². The van der Waals surface area contributed by atoms with Gasteiger partial charge in [-0.3, -0.25) is 0 Å². The van der Waals surface area contributed by atoms with Gasteiger partial charge in [-0.05, 0) is 236 Å². The zero-order valence-electron chi connectivity index (χ0n) is 55.0. The molecule has 0 fully saturated rings. The first kappa shape index (κ1) is 59.6. The molecule has 0 aromatic heterocycles. The lowest BCUT2D eigenvalue weighted by molar-refractivity contribution is 0.395. The standard InChI is InChI=1S/C47H34.C25H20BO2.C22H13Br/c1-47(2)44-27-33(19-21-39(44)40-22-20-34(28-45(40)47)32-18-17-29-9-3-4-10-30(29)25-32)31-11-7-12-35(26-31)36-23-24-43-38-14-6-5-13-37(38)42-16-8-15-41(36)46(42)43;1-25(2)23-14-19(18-8-7-16-5-3-4-6-17(16)13-18)9-11-21(23)22-12-10-20(28-26-27)15-24(22)25;23-15-6-3-5-14(13-15)16-11-12-21-18-8-2-1-7-17(18)20-10-4-9-19(16)22(20)21/h3-28,39,44H,1-2H3;3-15,27H,1-2H3;1-13H. The van der Waals surface area contributed by atoms with E-state index in [1.54, 1.807) is 0 Å². The molecule has 15 aromatic carbocycles. The van der Waals surface area contributed by atoms with E-state index in [0.29, 0.717) is 17.6 Å². The Morgan fingerprint density at radius 2 is 0.786 bits per heavy atom. The molecular weight excluding hydrogens is 1250 g/mol. The van der Waals surface area contributed by atoms with Crippen molar-refractivity contribution >= 4 is 72.3 Å². The van der Waals surface area contributed by atoms with Crippen molar-refractivity contribution < 1.29 is 9.68 Å². The molecule has 0 saturated carbocycles. The smallest absolute Gasteiger partial charge is 0.537 e. The second-order valence-corrected chi connectivity index (χ2v) is 28.9. The van der Waals surface area contributed by atoms with Gasteiger partial charge in [0.1, 0.15) is 5.75 Å². The van der Waals surface area contributed by atoms with Crippen LogP contribution in [0.3, 0.4) is 0 Å². The van der Waals surface area contributed by atoms with E-state index < -0.39 is 0 Å². The summed E-state index contributed by atoms with van der Waals surface area (Å²) in [4.78, 5) is 0. The van der Waals surface area contributed by atoms with E-state index in [1.165, 1.54) is 177 Å². The highest BCUT2D eigenvalue weighted by atomic mass is 79.9. The Morgan fingerprint density at radius 1 is 0.347 bits per heavy atom. The molecule has 15 aromatic rings. The highest BCUT2D eigenvalue weighted by Gasteiger charge is 2.45. The van der Waals surface area contributed by atoms with Crippen LogP contribution in [0, 0.1) is 5.92 Å². The van der Waals surface area contributed by atoms with E-state index in [2.05, 4.69) is 347 Å². The Morgan fingerprint density at radius 3 is 1.37 bits per heavy atom. The lowest BCUT2D eigenvalue weighted by Gasteiger charge is -2.31. The molecule has 2 unspecified atom stereocenters. The summed E-state index contributed by atoms with van der Waals surface area (Å²) in [6, 6.07) is 108. The molecule has 0 aliphatic heterocycles. The number of hydrogen-bond donors (Lipinski definition) is 1. The number of fused-ring (bicyclic) bond motifs is 14. The first-order valence-electron chi connectivity index (χ1n) is 34.1. The molecule has 0 heterocycles. The fraction of sp³-hybridized carbons (Fsp3) is 0.0851. The predicted molar refractivity (Wildman–Crippen MR) is 417 cm³/mol. The van der Waals surface area contributed by atoms with E-state index in [1.807, 2.05) is 12.1 Å². The molecule has 1 N–H and O–H groups in total. The van der Waals surface area contributed by atoms with Crippen molar-refractivity contribution in [1.82, 2.24) is 0 Å². The molecule has 0 bridgehead atoms. The SMILES string of the molecule is Brc1cccc(-c2ccc3c4c(cccc24)-c2ccccc2-3)c1.CC1(C)c2cc(-c3ccc4ccccc4c3)ccc2C2C=CC(c3cccc(-c4ccc5c6c(cccc46)-c4ccccc4-5)c3)=CC21.CC1(C)c2cc(O[B]O)ccc2-c2ccc(-c3ccc4ccccc4c3)cc21. The molecule has 4 heteroatoms. The molecule has 465 valence electrons. The maximum absolute atomic E-state index is 8.96. The van der Waals surface area contributed by atoms with Crippen LogP contribution in [0.4, 0.5) is 0 Å². The van der Waals surface area contributed by atoms with Crippen LogP contribution in [-0.2, 0) is 10.8 Å². The van der Waals surface area contributed by atoms with Crippen LogP contribution in [0.2, 0.25) is 0 Å². The number of benzene rings is 15. The fourth-order valence-corrected chi connectivity index (χ4v) is 17.4.